The molecule has 13 heavy (non-hydrogen) atoms. The van der Waals surface area contributed by atoms with Crippen LogP contribution in [0.3, 0.4) is 0 Å². The van der Waals surface area contributed by atoms with E-state index in [-0.39, 0.29) is 0 Å². The van der Waals surface area contributed by atoms with Crippen LogP contribution < -0.4 is 0 Å². The Morgan fingerprint density at radius 1 is 1.62 bits per heavy atom. The lowest BCUT2D eigenvalue weighted by Crippen LogP contribution is -2.32. The molecule has 0 bridgehead atoms. The van der Waals surface area contributed by atoms with Crippen LogP contribution in [-0.2, 0) is 0 Å². The summed E-state index contributed by atoms with van der Waals surface area (Å²) in [5.74, 6) is 0. The predicted molar refractivity (Wildman–Crippen MR) is 62.7 cm³/mol. The molecule has 1 saturated heterocycles. The molecule has 0 amide bonds. The number of hydrogen-bond donors (Lipinski definition) is 0. The fraction of sp³-hybridized carbons (Fsp3) is 0.800. The van der Waals surface area contributed by atoms with Gasteiger partial charge in [-0.25, -0.2) is 0 Å². The van der Waals surface area contributed by atoms with E-state index in [4.69, 9.17) is 0 Å². The summed E-state index contributed by atoms with van der Waals surface area (Å²) in [7, 11) is 0. The van der Waals surface area contributed by atoms with E-state index in [1.807, 2.05) is 0 Å². The minimum Gasteiger partial charge on any atom is -0.355 e. The Bertz CT molecular complexity index is 215. The molecule has 2 aliphatic heterocycles. The Morgan fingerprint density at radius 2 is 2.46 bits per heavy atom. The fourth-order valence-corrected chi connectivity index (χ4v) is 5.32. The van der Waals surface area contributed by atoms with Crippen molar-refractivity contribution in [3.63, 3.8) is 0 Å². The molecule has 2 rings (SSSR count). The minimum absolute atomic E-state index is 0.701. The molecular formula is C10H17NS2. The smallest absolute Gasteiger partial charge is 0.0738 e. The average molecular weight is 215 g/mol. The lowest BCUT2D eigenvalue weighted by atomic mass is 10.4. The third kappa shape index (κ3) is 2.01. The van der Waals surface area contributed by atoms with Gasteiger partial charge in [0.1, 0.15) is 0 Å². The number of fused-ring (bicyclic) bond motifs is 1. The van der Waals surface area contributed by atoms with Gasteiger partial charge in [-0.3, -0.25) is 0 Å². The van der Waals surface area contributed by atoms with E-state index < -0.39 is 0 Å². The molecule has 0 aromatic heterocycles. The number of thioether (sulfide) groups is 2. The Morgan fingerprint density at radius 3 is 3.23 bits per heavy atom. The standard InChI is InChI=1S/C10H17NS2/c1-3-5-10-12-8(2)11-7-4-6-9(11)13-10/h6,8,10H,3-5,7H2,1-2H3. The van der Waals surface area contributed by atoms with Gasteiger partial charge < -0.3 is 4.90 Å². The summed E-state index contributed by atoms with van der Waals surface area (Å²) in [4.78, 5) is 2.54. The van der Waals surface area contributed by atoms with Gasteiger partial charge in [-0.1, -0.05) is 31.2 Å². The molecule has 1 fully saturated rings. The lowest BCUT2D eigenvalue weighted by molar-refractivity contribution is 0.388. The maximum atomic E-state index is 2.54. The summed E-state index contributed by atoms with van der Waals surface area (Å²) < 4.78 is 0.806. The lowest BCUT2D eigenvalue weighted by Gasteiger charge is -2.37. The fourth-order valence-electron chi connectivity index (χ4n) is 1.85. The first-order valence-electron chi connectivity index (χ1n) is 5.10. The summed E-state index contributed by atoms with van der Waals surface area (Å²) in [5.41, 5.74) is 0. The Labute approximate surface area is 89.3 Å². The van der Waals surface area contributed by atoms with Crippen LogP contribution in [-0.4, -0.2) is 21.4 Å². The van der Waals surface area contributed by atoms with Crippen LogP contribution in [0, 0.1) is 0 Å². The Kier molecular flexibility index (Phi) is 3.14. The predicted octanol–water partition coefficient (Wildman–Crippen LogP) is 3.49. The van der Waals surface area contributed by atoms with Crippen molar-refractivity contribution in [2.75, 3.05) is 6.54 Å². The third-order valence-corrected chi connectivity index (χ3v) is 5.49. The van der Waals surface area contributed by atoms with Crippen LogP contribution in [0.4, 0.5) is 0 Å². The highest BCUT2D eigenvalue weighted by atomic mass is 32.2. The van der Waals surface area contributed by atoms with Crippen LogP contribution in [0.1, 0.15) is 33.1 Å². The monoisotopic (exact) mass is 215 g/mol. The molecule has 0 spiro atoms. The van der Waals surface area contributed by atoms with Gasteiger partial charge in [0.05, 0.1) is 15.0 Å². The van der Waals surface area contributed by atoms with Crippen LogP contribution in [0.25, 0.3) is 0 Å². The highest BCUT2D eigenvalue weighted by molar-refractivity contribution is 8.19. The van der Waals surface area contributed by atoms with Crippen molar-refractivity contribution in [2.45, 2.75) is 43.1 Å². The van der Waals surface area contributed by atoms with Crippen LogP contribution in [0.15, 0.2) is 11.1 Å². The van der Waals surface area contributed by atoms with Gasteiger partial charge in [0.15, 0.2) is 0 Å². The topological polar surface area (TPSA) is 3.24 Å². The van der Waals surface area contributed by atoms with E-state index in [9.17, 15) is 0 Å². The Hall–Kier alpha value is 0.240. The van der Waals surface area contributed by atoms with Crippen molar-refractivity contribution >= 4 is 23.5 Å². The van der Waals surface area contributed by atoms with Gasteiger partial charge in [-0.2, -0.15) is 0 Å². The molecule has 0 aliphatic carbocycles. The van der Waals surface area contributed by atoms with Crippen LogP contribution in [0.2, 0.25) is 0 Å². The maximum Gasteiger partial charge on any atom is 0.0738 e. The van der Waals surface area contributed by atoms with E-state index in [1.54, 1.807) is 5.03 Å². The largest absolute Gasteiger partial charge is 0.355 e. The van der Waals surface area contributed by atoms with Crippen LogP contribution in [0.5, 0.6) is 0 Å². The summed E-state index contributed by atoms with van der Waals surface area (Å²) in [5, 5.41) is 2.25. The van der Waals surface area contributed by atoms with Gasteiger partial charge in [-0.05, 0) is 19.8 Å². The van der Waals surface area contributed by atoms with E-state index >= 15 is 0 Å². The van der Waals surface area contributed by atoms with Crippen molar-refractivity contribution in [2.24, 2.45) is 0 Å². The summed E-state index contributed by atoms with van der Waals surface area (Å²) >= 11 is 4.22. The molecule has 2 aliphatic rings. The van der Waals surface area contributed by atoms with Gasteiger partial charge >= 0.3 is 0 Å². The molecule has 2 atom stereocenters. The first kappa shape index (κ1) is 9.78. The SMILES string of the molecule is CCCC1SC2=CCCN2C(C)S1. The van der Waals surface area contributed by atoms with Crippen molar-refractivity contribution in [1.82, 2.24) is 4.90 Å². The average Bonchev–Trinajstić information content (AvgIpc) is 2.53. The second-order valence-corrected chi connectivity index (χ2v) is 6.64. The van der Waals surface area contributed by atoms with Gasteiger partial charge in [0, 0.05) is 6.54 Å². The van der Waals surface area contributed by atoms with Gasteiger partial charge in [-0.15, -0.1) is 11.8 Å². The molecule has 3 heteroatoms. The normalized spacial score (nSPS) is 33.1. The molecular weight excluding hydrogens is 198 g/mol. The third-order valence-electron chi connectivity index (χ3n) is 2.54. The summed E-state index contributed by atoms with van der Waals surface area (Å²) in [6.45, 7) is 5.86. The maximum absolute atomic E-state index is 2.54. The van der Waals surface area contributed by atoms with E-state index in [0.717, 1.165) is 4.58 Å². The second kappa shape index (κ2) is 4.18. The zero-order valence-corrected chi connectivity index (χ0v) is 9.96. The first-order valence-corrected chi connectivity index (χ1v) is 6.92. The summed E-state index contributed by atoms with van der Waals surface area (Å²) in [6.07, 6.45) is 6.32. The highest BCUT2D eigenvalue weighted by Crippen LogP contribution is 2.46. The number of rotatable bonds is 2. The Balaban J connectivity index is 2.00. The van der Waals surface area contributed by atoms with E-state index in [2.05, 4.69) is 48.3 Å². The zero-order chi connectivity index (χ0) is 9.26. The van der Waals surface area contributed by atoms with Crippen LogP contribution >= 0.6 is 23.5 Å². The highest BCUT2D eigenvalue weighted by Gasteiger charge is 2.30. The quantitative estimate of drug-likeness (QED) is 0.694. The van der Waals surface area contributed by atoms with Crippen molar-refractivity contribution in [3.05, 3.63) is 11.1 Å². The zero-order valence-electron chi connectivity index (χ0n) is 8.32. The molecule has 0 saturated carbocycles. The van der Waals surface area contributed by atoms with Crippen molar-refractivity contribution in [3.8, 4) is 0 Å². The molecule has 74 valence electrons. The van der Waals surface area contributed by atoms with Gasteiger partial charge in [0.2, 0.25) is 0 Å². The molecule has 2 heterocycles. The number of nitrogens with zero attached hydrogens (tertiary/aromatic N) is 1. The molecule has 0 aromatic rings. The molecule has 2 unspecified atom stereocenters. The first-order chi connectivity index (χ1) is 6.31. The second-order valence-electron chi connectivity index (χ2n) is 3.60. The summed E-state index contributed by atoms with van der Waals surface area (Å²) in [6, 6.07) is 0. The van der Waals surface area contributed by atoms with E-state index in [1.165, 1.54) is 25.8 Å². The van der Waals surface area contributed by atoms with Gasteiger partial charge in [0.25, 0.3) is 0 Å². The van der Waals surface area contributed by atoms with E-state index in [0.29, 0.717) is 5.37 Å². The molecule has 0 aromatic carbocycles. The molecule has 0 N–H and O–H groups in total. The minimum atomic E-state index is 0.701. The molecule has 1 nitrogen and oxygen atoms in total. The molecule has 0 radical (unpaired) electrons. The van der Waals surface area contributed by atoms with Crippen molar-refractivity contribution in [1.29, 1.82) is 0 Å². The number of hydrogen-bond acceptors (Lipinski definition) is 3. The van der Waals surface area contributed by atoms with Crippen molar-refractivity contribution < 1.29 is 0 Å².